The molecule has 118 valence electrons. The van der Waals surface area contributed by atoms with Gasteiger partial charge in [0.05, 0.1) is 22.9 Å². The lowest BCUT2D eigenvalue weighted by Gasteiger charge is -2.09. The molecule has 0 saturated carbocycles. The predicted octanol–water partition coefficient (Wildman–Crippen LogP) is 4.48. The van der Waals surface area contributed by atoms with Crippen LogP contribution in [0.25, 0.3) is 0 Å². The first-order valence-electron chi connectivity index (χ1n) is 6.89. The summed E-state index contributed by atoms with van der Waals surface area (Å²) in [6.07, 6.45) is 3.23. The van der Waals surface area contributed by atoms with E-state index in [0.29, 0.717) is 27.2 Å². The van der Waals surface area contributed by atoms with Crippen molar-refractivity contribution in [2.45, 2.75) is 26.7 Å². The first-order valence-corrected chi connectivity index (χ1v) is 8.05. The van der Waals surface area contributed by atoms with Gasteiger partial charge in [-0.2, -0.15) is 14.9 Å². The van der Waals surface area contributed by atoms with Crippen molar-refractivity contribution in [2.75, 3.05) is 6.61 Å². The van der Waals surface area contributed by atoms with E-state index in [1.807, 2.05) is 13.8 Å². The Morgan fingerprint density at radius 1 is 1.36 bits per heavy atom. The summed E-state index contributed by atoms with van der Waals surface area (Å²) < 4.78 is 7.54. The first-order chi connectivity index (χ1) is 10.6. The summed E-state index contributed by atoms with van der Waals surface area (Å²) >= 11 is 17.5. The maximum Gasteiger partial charge on any atom is 0.216 e. The van der Waals surface area contributed by atoms with E-state index in [2.05, 4.69) is 15.3 Å². The highest BCUT2D eigenvalue weighted by Gasteiger charge is 2.09. The van der Waals surface area contributed by atoms with Crippen LogP contribution in [0.1, 0.15) is 31.7 Å². The van der Waals surface area contributed by atoms with Crippen molar-refractivity contribution in [1.29, 1.82) is 0 Å². The molecule has 0 unspecified atom stereocenters. The molecule has 0 aliphatic rings. The molecule has 1 aromatic carbocycles. The molecule has 1 N–H and O–H groups in total. The highest BCUT2D eigenvalue weighted by atomic mass is 35.5. The summed E-state index contributed by atoms with van der Waals surface area (Å²) in [6.45, 7) is 4.56. The molecule has 1 heterocycles. The maximum atomic E-state index is 6.20. The molecule has 0 radical (unpaired) electrons. The summed E-state index contributed by atoms with van der Waals surface area (Å²) in [4.78, 5) is 0. The SMILES string of the molecule is CCCOc1c(Cl)cc(/C=N\n2c(CC)n[nH]c2=S)cc1Cl. The molecule has 0 fully saturated rings. The van der Waals surface area contributed by atoms with Gasteiger partial charge in [0.1, 0.15) is 0 Å². The highest BCUT2D eigenvalue weighted by molar-refractivity contribution is 7.71. The van der Waals surface area contributed by atoms with E-state index < -0.39 is 0 Å². The monoisotopic (exact) mass is 358 g/mol. The Kier molecular flexibility index (Phi) is 5.99. The van der Waals surface area contributed by atoms with E-state index in [0.717, 1.165) is 24.2 Å². The quantitative estimate of drug-likeness (QED) is 0.611. The molecule has 0 amide bonds. The van der Waals surface area contributed by atoms with Gasteiger partial charge in [0.25, 0.3) is 0 Å². The second-order valence-electron chi connectivity index (χ2n) is 4.52. The molecule has 2 rings (SSSR count). The number of nitrogens with one attached hydrogen (secondary N) is 1. The summed E-state index contributed by atoms with van der Waals surface area (Å²) in [6, 6.07) is 3.49. The van der Waals surface area contributed by atoms with E-state index >= 15 is 0 Å². The second kappa shape index (κ2) is 7.76. The minimum Gasteiger partial charge on any atom is -0.490 e. The van der Waals surface area contributed by atoms with Crippen LogP contribution in [-0.4, -0.2) is 27.7 Å². The highest BCUT2D eigenvalue weighted by Crippen LogP contribution is 2.33. The smallest absolute Gasteiger partial charge is 0.216 e. The van der Waals surface area contributed by atoms with Gasteiger partial charge in [-0.05, 0) is 36.3 Å². The van der Waals surface area contributed by atoms with Crippen molar-refractivity contribution in [3.05, 3.63) is 38.3 Å². The van der Waals surface area contributed by atoms with Gasteiger partial charge in [-0.1, -0.05) is 37.0 Å². The number of aromatic nitrogens is 3. The second-order valence-corrected chi connectivity index (χ2v) is 5.72. The zero-order valence-corrected chi connectivity index (χ0v) is 14.6. The lowest BCUT2D eigenvalue weighted by Crippen LogP contribution is -1.99. The Labute approximate surface area is 143 Å². The molecule has 22 heavy (non-hydrogen) atoms. The van der Waals surface area contributed by atoms with Gasteiger partial charge in [-0.3, -0.25) is 5.10 Å². The predicted molar refractivity (Wildman–Crippen MR) is 92.0 cm³/mol. The zero-order chi connectivity index (χ0) is 16.1. The fourth-order valence-electron chi connectivity index (χ4n) is 1.79. The zero-order valence-electron chi connectivity index (χ0n) is 12.3. The lowest BCUT2D eigenvalue weighted by molar-refractivity contribution is 0.318. The third kappa shape index (κ3) is 3.88. The Bertz CT molecular complexity index is 716. The molecule has 8 heteroatoms. The molecule has 1 aromatic heterocycles. The summed E-state index contributed by atoms with van der Waals surface area (Å²) in [5.74, 6) is 1.25. The van der Waals surface area contributed by atoms with Crippen LogP contribution in [0, 0.1) is 4.77 Å². The van der Waals surface area contributed by atoms with Crippen LogP contribution >= 0.6 is 35.4 Å². The van der Waals surface area contributed by atoms with Crippen molar-refractivity contribution >= 4 is 41.6 Å². The summed E-state index contributed by atoms with van der Waals surface area (Å²) in [5.41, 5.74) is 0.754. The average molecular weight is 359 g/mol. The van der Waals surface area contributed by atoms with Crippen LogP contribution in [-0.2, 0) is 6.42 Å². The Balaban J connectivity index is 2.28. The van der Waals surface area contributed by atoms with Crippen molar-refractivity contribution in [1.82, 2.24) is 14.9 Å². The van der Waals surface area contributed by atoms with E-state index in [1.165, 1.54) is 0 Å². The molecule has 0 bridgehead atoms. The molecule has 0 saturated heterocycles. The van der Waals surface area contributed by atoms with Crippen LogP contribution in [0.15, 0.2) is 17.2 Å². The number of ether oxygens (including phenoxy) is 1. The topological polar surface area (TPSA) is 55.2 Å². The normalized spacial score (nSPS) is 11.3. The molecule has 0 atom stereocenters. The Hall–Kier alpha value is -1.37. The molecule has 0 aliphatic heterocycles. The number of aryl methyl sites for hydroxylation is 1. The van der Waals surface area contributed by atoms with Crippen LogP contribution < -0.4 is 4.74 Å². The van der Waals surface area contributed by atoms with Gasteiger partial charge in [-0.15, -0.1) is 0 Å². The largest absolute Gasteiger partial charge is 0.490 e. The number of hydrogen-bond acceptors (Lipinski definition) is 4. The third-order valence-electron chi connectivity index (χ3n) is 2.83. The summed E-state index contributed by atoms with van der Waals surface area (Å²) in [7, 11) is 0. The van der Waals surface area contributed by atoms with Crippen LogP contribution in [0.3, 0.4) is 0 Å². The number of benzene rings is 1. The van der Waals surface area contributed by atoms with Crippen molar-refractivity contribution in [2.24, 2.45) is 5.10 Å². The molecule has 5 nitrogen and oxygen atoms in total. The third-order valence-corrected chi connectivity index (χ3v) is 3.65. The van der Waals surface area contributed by atoms with Crippen molar-refractivity contribution < 1.29 is 4.74 Å². The van der Waals surface area contributed by atoms with Crippen LogP contribution in [0.2, 0.25) is 10.0 Å². The van der Waals surface area contributed by atoms with Gasteiger partial charge in [0, 0.05) is 6.42 Å². The minimum atomic E-state index is 0.438. The van der Waals surface area contributed by atoms with Gasteiger partial charge in [0.2, 0.25) is 4.77 Å². The average Bonchev–Trinajstić information content (AvgIpc) is 2.84. The Morgan fingerprint density at radius 3 is 2.64 bits per heavy atom. The standard InChI is InChI=1S/C14H16Cl2N4OS/c1-3-5-21-13-10(15)6-9(7-11(13)16)8-17-20-12(4-2)18-19-14(20)22/h6-8H,3-5H2,1-2H3,(H,19,22)/b17-8-. The lowest BCUT2D eigenvalue weighted by atomic mass is 10.2. The van der Waals surface area contributed by atoms with Gasteiger partial charge in [-0.25, -0.2) is 0 Å². The molecule has 2 aromatic rings. The van der Waals surface area contributed by atoms with Crippen LogP contribution in [0.4, 0.5) is 0 Å². The van der Waals surface area contributed by atoms with Crippen molar-refractivity contribution in [3.63, 3.8) is 0 Å². The van der Waals surface area contributed by atoms with Gasteiger partial charge >= 0.3 is 0 Å². The van der Waals surface area contributed by atoms with E-state index in [4.69, 9.17) is 40.2 Å². The number of halogens is 2. The first kappa shape index (κ1) is 17.0. The van der Waals surface area contributed by atoms with Crippen LogP contribution in [0.5, 0.6) is 5.75 Å². The van der Waals surface area contributed by atoms with E-state index in [9.17, 15) is 0 Å². The van der Waals surface area contributed by atoms with Gasteiger partial charge < -0.3 is 4.74 Å². The minimum absolute atomic E-state index is 0.438. The fourth-order valence-corrected chi connectivity index (χ4v) is 2.60. The Morgan fingerprint density at radius 2 is 2.05 bits per heavy atom. The number of nitrogens with zero attached hydrogens (tertiary/aromatic N) is 3. The molecule has 0 spiro atoms. The summed E-state index contributed by atoms with van der Waals surface area (Å²) in [5, 5.41) is 12.0. The molecular weight excluding hydrogens is 343 g/mol. The number of H-pyrrole nitrogens is 1. The van der Waals surface area contributed by atoms with Gasteiger partial charge in [0.15, 0.2) is 11.6 Å². The van der Waals surface area contributed by atoms with E-state index in [1.54, 1.807) is 23.0 Å². The molecular formula is C14H16Cl2N4OS. The number of rotatable bonds is 6. The fraction of sp³-hybridized carbons (Fsp3) is 0.357. The number of hydrogen-bond donors (Lipinski definition) is 1. The number of aromatic amines is 1. The van der Waals surface area contributed by atoms with Crippen molar-refractivity contribution in [3.8, 4) is 5.75 Å². The molecule has 0 aliphatic carbocycles. The maximum absolute atomic E-state index is 6.20. The van der Waals surface area contributed by atoms with E-state index in [-0.39, 0.29) is 0 Å².